The van der Waals surface area contributed by atoms with Crippen LogP contribution in [0.3, 0.4) is 0 Å². The summed E-state index contributed by atoms with van der Waals surface area (Å²) >= 11 is 0. The number of likely N-dealkylation sites (N-methyl/N-ethyl adjacent to an activating group) is 1. The Morgan fingerprint density at radius 2 is 1.50 bits per heavy atom. The summed E-state index contributed by atoms with van der Waals surface area (Å²) in [6.07, 6.45) is 2.26. The number of carboxylic acid groups (broad SMARTS) is 2. The zero-order chi connectivity index (χ0) is 24.7. The summed E-state index contributed by atoms with van der Waals surface area (Å²) in [5.41, 5.74) is 1.80. The zero-order valence-electron chi connectivity index (χ0n) is 19.2. The van der Waals surface area contributed by atoms with Crippen LogP contribution >= 0.6 is 0 Å². The molecule has 8 heteroatoms. The topological polar surface area (TPSA) is 124 Å². The lowest BCUT2D eigenvalue weighted by atomic mass is 9.81. The van der Waals surface area contributed by atoms with Crippen molar-refractivity contribution in [3.63, 3.8) is 0 Å². The average Bonchev–Trinajstić information content (AvgIpc) is 3.28. The highest BCUT2D eigenvalue weighted by Crippen LogP contribution is 2.41. The maximum absolute atomic E-state index is 13.2. The van der Waals surface area contributed by atoms with E-state index >= 15 is 0 Å². The van der Waals surface area contributed by atoms with Gasteiger partial charge in [-0.15, -0.1) is 0 Å². The first-order valence-electron chi connectivity index (χ1n) is 11.3. The predicted molar refractivity (Wildman–Crippen MR) is 126 cm³/mol. The lowest BCUT2D eigenvalue weighted by Gasteiger charge is -2.30. The molecular weight excluding hydrogens is 436 g/mol. The SMILES string of the molecule is CN(CC(=O)O)C(=O)C(Cc1ccc(-c2ccccc2)cc1)NC(=O)C1(CC(=O)O)CCCC1. The van der Waals surface area contributed by atoms with E-state index in [-0.39, 0.29) is 12.8 Å². The van der Waals surface area contributed by atoms with Crippen molar-refractivity contribution in [2.24, 2.45) is 5.41 Å². The summed E-state index contributed by atoms with van der Waals surface area (Å²) in [7, 11) is 1.37. The maximum Gasteiger partial charge on any atom is 0.323 e. The zero-order valence-corrected chi connectivity index (χ0v) is 19.2. The van der Waals surface area contributed by atoms with Gasteiger partial charge in [0.1, 0.15) is 12.6 Å². The molecule has 34 heavy (non-hydrogen) atoms. The molecule has 1 aliphatic carbocycles. The Hall–Kier alpha value is -3.68. The van der Waals surface area contributed by atoms with Crippen LogP contribution in [0.1, 0.15) is 37.7 Å². The van der Waals surface area contributed by atoms with Crippen LogP contribution in [0.25, 0.3) is 11.1 Å². The van der Waals surface area contributed by atoms with Gasteiger partial charge in [0.25, 0.3) is 0 Å². The first-order valence-corrected chi connectivity index (χ1v) is 11.3. The molecule has 0 saturated heterocycles. The van der Waals surface area contributed by atoms with E-state index in [4.69, 9.17) is 5.11 Å². The van der Waals surface area contributed by atoms with Crippen molar-refractivity contribution in [1.82, 2.24) is 10.2 Å². The monoisotopic (exact) mass is 466 g/mol. The van der Waals surface area contributed by atoms with Crippen LogP contribution in [-0.4, -0.2) is 58.5 Å². The summed E-state index contributed by atoms with van der Waals surface area (Å²) in [6.45, 7) is -0.502. The molecule has 180 valence electrons. The summed E-state index contributed by atoms with van der Waals surface area (Å²) in [5.74, 6) is -3.22. The fourth-order valence-electron chi connectivity index (χ4n) is 4.58. The number of amides is 2. The molecule has 1 unspecified atom stereocenters. The first kappa shape index (κ1) is 25.0. The molecule has 0 aliphatic heterocycles. The molecule has 1 atom stereocenters. The standard InChI is InChI=1S/C26H30N2O6/c1-28(17-23(31)32)24(33)21(27-25(34)26(16-22(29)30)13-5-6-14-26)15-18-9-11-20(12-10-18)19-7-3-2-4-8-19/h2-4,7-12,21H,5-6,13-17H2,1H3,(H,27,34)(H,29,30)(H,31,32). The molecule has 1 saturated carbocycles. The smallest absolute Gasteiger partial charge is 0.323 e. The molecule has 0 aromatic heterocycles. The number of carbonyl (C=O) groups excluding carboxylic acids is 2. The van der Waals surface area contributed by atoms with E-state index in [2.05, 4.69) is 5.32 Å². The summed E-state index contributed by atoms with van der Waals surface area (Å²) in [5, 5.41) is 21.2. The van der Waals surface area contributed by atoms with E-state index in [9.17, 15) is 24.3 Å². The summed E-state index contributed by atoms with van der Waals surface area (Å²) < 4.78 is 0. The van der Waals surface area contributed by atoms with Crippen LogP contribution in [0, 0.1) is 5.41 Å². The molecule has 2 aromatic rings. The highest BCUT2D eigenvalue weighted by molar-refractivity contribution is 5.93. The number of hydrogen-bond donors (Lipinski definition) is 3. The Labute approximate surface area is 198 Å². The van der Waals surface area contributed by atoms with Gasteiger partial charge in [0.15, 0.2) is 0 Å². The van der Waals surface area contributed by atoms with Crippen molar-refractivity contribution in [2.45, 2.75) is 44.6 Å². The number of nitrogens with zero attached hydrogens (tertiary/aromatic N) is 1. The minimum atomic E-state index is -1.16. The van der Waals surface area contributed by atoms with Crippen molar-refractivity contribution in [3.8, 4) is 11.1 Å². The van der Waals surface area contributed by atoms with Gasteiger partial charge in [-0.2, -0.15) is 0 Å². The van der Waals surface area contributed by atoms with Crippen molar-refractivity contribution in [3.05, 3.63) is 60.2 Å². The quantitative estimate of drug-likeness (QED) is 0.495. The lowest BCUT2D eigenvalue weighted by Crippen LogP contribution is -2.53. The van der Waals surface area contributed by atoms with Gasteiger partial charge in [-0.1, -0.05) is 67.4 Å². The average molecular weight is 467 g/mol. The van der Waals surface area contributed by atoms with E-state index < -0.39 is 41.8 Å². The summed E-state index contributed by atoms with van der Waals surface area (Å²) in [4.78, 5) is 49.9. The molecule has 2 aromatic carbocycles. The molecule has 3 N–H and O–H groups in total. The van der Waals surface area contributed by atoms with Crippen LogP contribution in [0.5, 0.6) is 0 Å². The molecule has 8 nitrogen and oxygen atoms in total. The number of aliphatic carboxylic acids is 2. The fourth-order valence-corrected chi connectivity index (χ4v) is 4.58. The van der Waals surface area contributed by atoms with Gasteiger partial charge in [0, 0.05) is 13.5 Å². The molecular formula is C26H30N2O6. The van der Waals surface area contributed by atoms with E-state index in [1.807, 2.05) is 54.6 Å². The Morgan fingerprint density at radius 3 is 2.06 bits per heavy atom. The normalized spacial score (nSPS) is 15.3. The molecule has 1 fully saturated rings. The maximum atomic E-state index is 13.2. The number of carbonyl (C=O) groups is 4. The highest BCUT2D eigenvalue weighted by Gasteiger charge is 2.44. The second-order valence-corrected chi connectivity index (χ2v) is 8.94. The molecule has 2 amide bonds. The van der Waals surface area contributed by atoms with Crippen LogP contribution in [-0.2, 0) is 25.6 Å². The van der Waals surface area contributed by atoms with E-state index in [1.165, 1.54) is 7.05 Å². The molecule has 0 spiro atoms. The number of nitrogens with one attached hydrogen (secondary N) is 1. The highest BCUT2D eigenvalue weighted by atomic mass is 16.4. The van der Waals surface area contributed by atoms with Crippen LogP contribution < -0.4 is 5.32 Å². The van der Waals surface area contributed by atoms with E-state index in [0.29, 0.717) is 12.8 Å². The second kappa shape index (κ2) is 11.0. The Kier molecular flexibility index (Phi) is 8.04. The van der Waals surface area contributed by atoms with Gasteiger partial charge in [0.2, 0.25) is 11.8 Å². The minimum Gasteiger partial charge on any atom is -0.481 e. The van der Waals surface area contributed by atoms with Gasteiger partial charge in [-0.25, -0.2) is 0 Å². The van der Waals surface area contributed by atoms with Crippen molar-refractivity contribution >= 4 is 23.8 Å². The number of rotatable bonds is 10. The number of carboxylic acids is 2. The Bertz CT molecular complexity index is 1030. The number of hydrogen-bond acceptors (Lipinski definition) is 4. The lowest BCUT2D eigenvalue weighted by molar-refractivity contribution is -0.148. The van der Waals surface area contributed by atoms with Crippen molar-refractivity contribution < 1.29 is 29.4 Å². The Morgan fingerprint density at radius 1 is 0.912 bits per heavy atom. The third-order valence-corrected chi connectivity index (χ3v) is 6.38. The number of benzene rings is 2. The third-order valence-electron chi connectivity index (χ3n) is 6.38. The molecule has 0 heterocycles. The Balaban J connectivity index is 1.82. The predicted octanol–water partition coefficient (Wildman–Crippen LogP) is 2.96. The van der Waals surface area contributed by atoms with Crippen molar-refractivity contribution in [2.75, 3.05) is 13.6 Å². The van der Waals surface area contributed by atoms with Gasteiger partial charge in [-0.05, 0) is 29.5 Å². The molecule has 3 rings (SSSR count). The first-order chi connectivity index (χ1) is 16.2. The molecule has 0 bridgehead atoms. The summed E-state index contributed by atoms with van der Waals surface area (Å²) in [6, 6.07) is 16.4. The largest absolute Gasteiger partial charge is 0.481 e. The van der Waals surface area contributed by atoms with Crippen molar-refractivity contribution in [1.29, 1.82) is 0 Å². The van der Waals surface area contributed by atoms with E-state index in [0.717, 1.165) is 34.4 Å². The fraction of sp³-hybridized carbons (Fsp3) is 0.385. The van der Waals surface area contributed by atoms with Crippen LogP contribution in [0.2, 0.25) is 0 Å². The third kappa shape index (κ3) is 6.21. The molecule has 1 aliphatic rings. The van der Waals surface area contributed by atoms with Crippen LogP contribution in [0.15, 0.2) is 54.6 Å². The van der Waals surface area contributed by atoms with Gasteiger partial charge in [-0.3, -0.25) is 19.2 Å². The van der Waals surface area contributed by atoms with Crippen LogP contribution in [0.4, 0.5) is 0 Å². The van der Waals surface area contributed by atoms with Gasteiger partial charge >= 0.3 is 11.9 Å². The van der Waals surface area contributed by atoms with Gasteiger partial charge in [0.05, 0.1) is 11.8 Å². The minimum absolute atomic E-state index is 0.159. The second-order valence-electron chi connectivity index (χ2n) is 8.94. The molecule has 0 radical (unpaired) electrons. The van der Waals surface area contributed by atoms with E-state index in [1.54, 1.807) is 0 Å². The van der Waals surface area contributed by atoms with Gasteiger partial charge < -0.3 is 20.4 Å².